The number of likely N-dealkylation sites (N-methyl/N-ethyl adjacent to an activating group) is 1. The Labute approximate surface area is 331 Å². The molecular weight excluding hydrogens is 701 g/mol. The molecule has 0 aliphatic carbocycles. The number of carbonyl (C=O) groups is 2. The Morgan fingerprint density at radius 1 is 0.593 bits per heavy atom. The fraction of sp³-hybridized carbons (Fsp3) is 0.773. The van der Waals surface area contributed by atoms with Crippen LogP contribution in [0.1, 0.15) is 168 Å². The normalized spacial score (nSPS) is 14.1. The lowest BCUT2D eigenvalue weighted by molar-refractivity contribution is -0.870. The summed E-state index contributed by atoms with van der Waals surface area (Å²) in [5.41, 5.74) is 0. The molecular formula is C44H80NO8P. The van der Waals surface area contributed by atoms with E-state index >= 15 is 0 Å². The first-order chi connectivity index (χ1) is 26.0. The first kappa shape index (κ1) is 52.0. The maximum Gasteiger partial charge on any atom is 0.306 e. The number of rotatable bonds is 38. The van der Waals surface area contributed by atoms with Gasteiger partial charge in [-0.25, -0.2) is 0 Å². The van der Waals surface area contributed by atoms with E-state index in [2.05, 4.69) is 62.5 Å². The fourth-order valence-electron chi connectivity index (χ4n) is 5.49. The van der Waals surface area contributed by atoms with Crippen LogP contribution in [-0.4, -0.2) is 70.0 Å². The summed E-state index contributed by atoms with van der Waals surface area (Å²) >= 11 is 0. The van der Waals surface area contributed by atoms with E-state index in [1.54, 1.807) is 0 Å². The molecule has 0 heterocycles. The second kappa shape index (κ2) is 36.6. The highest BCUT2D eigenvalue weighted by Gasteiger charge is 2.21. The van der Waals surface area contributed by atoms with Gasteiger partial charge in [-0.1, -0.05) is 133 Å². The number of phosphoric acid groups is 1. The lowest BCUT2D eigenvalue weighted by Crippen LogP contribution is -2.37. The van der Waals surface area contributed by atoms with Crippen LogP contribution in [0.4, 0.5) is 0 Å². The summed E-state index contributed by atoms with van der Waals surface area (Å²) in [4.78, 5) is 37.5. The molecule has 0 fully saturated rings. The Balaban J connectivity index is 4.41. The Morgan fingerprint density at radius 3 is 1.59 bits per heavy atom. The van der Waals surface area contributed by atoms with E-state index in [1.807, 2.05) is 21.1 Å². The summed E-state index contributed by atoms with van der Waals surface area (Å²) in [6, 6.07) is 0. The van der Waals surface area contributed by atoms with Gasteiger partial charge in [-0.2, -0.15) is 0 Å². The highest BCUT2D eigenvalue weighted by Crippen LogP contribution is 2.38. The number of esters is 2. The maximum atomic E-state index is 12.6. The van der Waals surface area contributed by atoms with Crippen LogP contribution in [0.25, 0.3) is 0 Å². The molecule has 314 valence electrons. The Bertz CT molecular complexity index is 1070. The monoisotopic (exact) mass is 782 g/mol. The molecule has 0 aromatic heterocycles. The zero-order chi connectivity index (χ0) is 40.0. The minimum atomic E-state index is -4.63. The van der Waals surface area contributed by atoms with Gasteiger partial charge in [-0.05, 0) is 70.6 Å². The summed E-state index contributed by atoms with van der Waals surface area (Å²) in [5.74, 6) is -0.862. The molecule has 9 nitrogen and oxygen atoms in total. The standard InChI is InChI=1S/C44H80NO8P/c1-6-8-10-12-14-16-18-20-22-24-26-28-30-32-34-36-43(46)50-40-42(41-52-54(48,49)51-39-38-45(3,4)5)53-44(47)37-35-33-31-29-27-25-23-21-19-17-15-13-11-9-7-2/h9,11,15-18,21,23,42H,6-8,10,12-14,19-20,22,24-41H2,1-5H3/b11-9+,17-15+,18-16+,23-21+/t42-/m1/s1. The van der Waals surface area contributed by atoms with Crippen LogP contribution in [0, 0.1) is 0 Å². The summed E-state index contributed by atoms with van der Waals surface area (Å²) in [5, 5.41) is 0. The molecule has 0 amide bonds. The zero-order valence-electron chi connectivity index (χ0n) is 35.2. The molecule has 0 saturated heterocycles. The average Bonchev–Trinajstić information content (AvgIpc) is 3.12. The number of ether oxygens (including phenoxy) is 2. The quantitative estimate of drug-likeness (QED) is 0.0200. The van der Waals surface area contributed by atoms with Crippen molar-refractivity contribution >= 4 is 19.8 Å². The summed E-state index contributed by atoms with van der Waals surface area (Å²) in [6.07, 6.45) is 41.3. The van der Waals surface area contributed by atoms with Gasteiger partial charge in [0.15, 0.2) is 6.10 Å². The largest absolute Gasteiger partial charge is 0.756 e. The molecule has 54 heavy (non-hydrogen) atoms. The van der Waals surface area contributed by atoms with Gasteiger partial charge in [0.25, 0.3) is 7.82 Å². The molecule has 0 aromatic carbocycles. The first-order valence-corrected chi connectivity index (χ1v) is 22.8. The van der Waals surface area contributed by atoms with Crippen LogP contribution in [0.5, 0.6) is 0 Å². The van der Waals surface area contributed by atoms with E-state index in [0.717, 1.165) is 83.5 Å². The van der Waals surface area contributed by atoms with Crippen LogP contribution < -0.4 is 4.89 Å². The van der Waals surface area contributed by atoms with Crippen molar-refractivity contribution in [2.24, 2.45) is 0 Å². The average molecular weight is 782 g/mol. The van der Waals surface area contributed by atoms with Crippen molar-refractivity contribution < 1.29 is 42.1 Å². The molecule has 1 unspecified atom stereocenters. The third kappa shape index (κ3) is 39.7. The number of hydrogen-bond acceptors (Lipinski definition) is 8. The number of nitrogens with zero attached hydrogens (tertiary/aromatic N) is 1. The Morgan fingerprint density at radius 2 is 1.06 bits per heavy atom. The Kier molecular flexibility index (Phi) is 35.2. The van der Waals surface area contributed by atoms with Gasteiger partial charge in [-0.3, -0.25) is 14.2 Å². The molecule has 0 spiro atoms. The van der Waals surface area contributed by atoms with Gasteiger partial charge >= 0.3 is 11.9 Å². The van der Waals surface area contributed by atoms with Gasteiger partial charge in [0.2, 0.25) is 0 Å². The van der Waals surface area contributed by atoms with E-state index < -0.39 is 32.5 Å². The predicted octanol–water partition coefficient (Wildman–Crippen LogP) is 11.3. The molecule has 10 heteroatoms. The number of hydrogen-bond donors (Lipinski definition) is 0. The van der Waals surface area contributed by atoms with Gasteiger partial charge in [0.05, 0.1) is 27.7 Å². The molecule has 0 rings (SSSR count). The van der Waals surface area contributed by atoms with E-state index in [1.165, 1.54) is 51.4 Å². The molecule has 0 saturated carbocycles. The lowest BCUT2D eigenvalue weighted by atomic mass is 10.1. The van der Waals surface area contributed by atoms with Crippen molar-refractivity contribution in [2.45, 2.75) is 174 Å². The second-order valence-electron chi connectivity index (χ2n) is 15.3. The van der Waals surface area contributed by atoms with Gasteiger partial charge < -0.3 is 27.9 Å². The topological polar surface area (TPSA) is 111 Å². The van der Waals surface area contributed by atoms with Gasteiger partial charge in [0.1, 0.15) is 19.8 Å². The lowest BCUT2D eigenvalue weighted by Gasteiger charge is -2.28. The van der Waals surface area contributed by atoms with Crippen molar-refractivity contribution in [3.8, 4) is 0 Å². The minimum absolute atomic E-state index is 0.0366. The molecule has 2 atom stereocenters. The number of unbranched alkanes of at least 4 members (excludes halogenated alkanes) is 16. The third-order valence-corrected chi connectivity index (χ3v) is 9.80. The zero-order valence-corrected chi connectivity index (χ0v) is 36.0. The van der Waals surface area contributed by atoms with E-state index in [9.17, 15) is 19.0 Å². The smallest absolute Gasteiger partial charge is 0.306 e. The molecule has 0 aromatic rings. The van der Waals surface area contributed by atoms with E-state index in [4.69, 9.17) is 18.5 Å². The number of allylic oxidation sites excluding steroid dienone is 8. The van der Waals surface area contributed by atoms with Crippen molar-refractivity contribution in [2.75, 3.05) is 47.5 Å². The molecule has 0 aliphatic heterocycles. The van der Waals surface area contributed by atoms with E-state index in [-0.39, 0.29) is 26.1 Å². The van der Waals surface area contributed by atoms with Crippen LogP contribution in [0.2, 0.25) is 0 Å². The predicted molar refractivity (Wildman–Crippen MR) is 222 cm³/mol. The SMILES string of the molecule is CC/C=C/C/C=C/C/C=C/CCCCCCCC(=O)O[C@H](COC(=O)CCCCCCCCC/C=C/CCCCCC)COP(=O)([O-])OCC[N+](C)(C)C. The molecule has 0 bridgehead atoms. The molecule has 0 N–H and O–H groups in total. The Hall–Kier alpha value is -2.03. The van der Waals surface area contributed by atoms with Crippen LogP contribution in [0.3, 0.4) is 0 Å². The number of phosphoric ester groups is 1. The van der Waals surface area contributed by atoms with Gasteiger partial charge in [0, 0.05) is 12.8 Å². The van der Waals surface area contributed by atoms with Crippen LogP contribution >= 0.6 is 7.82 Å². The van der Waals surface area contributed by atoms with Crippen molar-refractivity contribution in [1.29, 1.82) is 0 Å². The highest BCUT2D eigenvalue weighted by molar-refractivity contribution is 7.45. The van der Waals surface area contributed by atoms with Crippen molar-refractivity contribution in [3.05, 3.63) is 48.6 Å². The van der Waals surface area contributed by atoms with Crippen molar-refractivity contribution in [3.63, 3.8) is 0 Å². The third-order valence-electron chi connectivity index (χ3n) is 8.83. The van der Waals surface area contributed by atoms with Crippen molar-refractivity contribution in [1.82, 2.24) is 0 Å². The fourth-order valence-corrected chi connectivity index (χ4v) is 6.21. The molecule has 0 radical (unpaired) electrons. The highest BCUT2D eigenvalue weighted by atomic mass is 31.2. The van der Waals surface area contributed by atoms with Gasteiger partial charge in [-0.15, -0.1) is 0 Å². The van der Waals surface area contributed by atoms with Crippen LogP contribution in [0.15, 0.2) is 48.6 Å². The first-order valence-electron chi connectivity index (χ1n) is 21.3. The second-order valence-corrected chi connectivity index (χ2v) is 16.7. The van der Waals surface area contributed by atoms with Crippen LogP contribution in [-0.2, 0) is 32.7 Å². The summed E-state index contributed by atoms with van der Waals surface area (Å²) < 4.78 is 33.8. The van der Waals surface area contributed by atoms with E-state index in [0.29, 0.717) is 17.4 Å². The number of carbonyl (C=O) groups excluding carboxylic acids is 2. The maximum absolute atomic E-state index is 12.6. The molecule has 0 aliphatic rings. The minimum Gasteiger partial charge on any atom is -0.756 e. The summed E-state index contributed by atoms with van der Waals surface area (Å²) in [6.45, 7) is 4.07. The number of quaternary nitrogens is 1. The summed E-state index contributed by atoms with van der Waals surface area (Å²) in [7, 11) is 1.14.